The number of nitrogens with zero attached hydrogens (tertiary/aromatic N) is 2. The molecule has 2 N–H and O–H groups in total. The van der Waals surface area contributed by atoms with Gasteiger partial charge in [-0.1, -0.05) is 30.3 Å². The number of alkyl carbamates (subject to hydrolysis) is 1. The summed E-state index contributed by atoms with van der Waals surface area (Å²) in [6.45, 7) is 4.29. The van der Waals surface area contributed by atoms with E-state index in [1.54, 1.807) is 0 Å². The maximum Gasteiger partial charge on any atom is 0.407 e. The summed E-state index contributed by atoms with van der Waals surface area (Å²) in [7, 11) is 0. The molecule has 1 unspecified atom stereocenters. The molecular formula is C26H26N4O2. The van der Waals surface area contributed by atoms with Gasteiger partial charge in [0.1, 0.15) is 6.61 Å². The van der Waals surface area contributed by atoms with Crippen LogP contribution in [0, 0.1) is 13.8 Å². The van der Waals surface area contributed by atoms with Crippen LogP contribution >= 0.6 is 0 Å². The van der Waals surface area contributed by atoms with Gasteiger partial charge in [0.15, 0.2) is 0 Å². The van der Waals surface area contributed by atoms with Gasteiger partial charge in [-0.25, -0.2) is 4.79 Å². The second-order valence-electron chi connectivity index (χ2n) is 8.49. The third-order valence-corrected chi connectivity index (χ3v) is 5.90. The van der Waals surface area contributed by atoms with Gasteiger partial charge >= 0.3 is 6.09 Å². The van der Waals surface area contributed by atoms with Gasteiger partial charge in [0.05, 0.1) is 11.0 Å². The Morgan fingerprint density at radius 3 is 2.66 bits per heavy atom. The van der Waals surface area contributed by atoms with E-state index in [2.05, 4.69) is 39.6 Å². The zero-order chi connectivity index (χ0) is 22.1. The van der Waals surface area contributed by atoms with Crippen molar-refractivity contribution in [3.63, 3.8) is 0 Å². The van der Waals surface area contributed by atoms with Gasteiger partial charge < -0.3 is 15.0 Å². The SMILES string of the molecule is Cc1cc(-c2cc3nc4c(cc3[nH]2)CCC(NC(=O)OCc2ccccc2)C4)cc(C)n1. The van der Waals surface area contributed by atoms with Crippen molar-refractivity contribution < 1.29 is 9.53 Å². The number of benzene rings is 1. The predicted molar refractivity (Wildman–Crippen MR) is 124 cm³/mol. The van der Waals surface area contributed by atoms with Gasteiger partial charge in [0.2, 0.25) is 0 Å². The maximum atomic E-state index is 12.3. The molecule has 1 aliphatic carbocycles. The minimum atomic E-state index is -0.379. The molecule has 0 fully saturated rings. The largest absolute Gasteiger partial charge is 0.445 e. The topological polar surface area (TPSA) is 79.9 Å². The third kappa shape index (κ3) is 4.35. The van der Waals surface area contributed by atoms with E-state index < -0.39 is 0 Å². The summed E-state index contributed by atoms with van der Waals surface area (Å²) >= 11 is 0. The summed E-state index contributed by atoms with van der Waals surface area (Å²) in [5, 5.41) is 3.01. The Labute approximate surface area is 187 Å². The van der Waals surface area contributed by atoms with Crippen molar-refractivity contribution in [2.24, 2.45) is 0 Å². The first-order chi connectivity index (χ1) is 15.5. The number of aromatic nitrogens is 3. The lowest BCUT2D eigenvalue weighted by Gasteiger charge is -2.24. The van der Waals surface area contributed by atoms with E-state index in [0.29, 0.717) is 6.42 Å². The lowest BCUT2D eigenvalue weighted by Crippen LogP contribution is -2.39. The fraction of sp³-hybridized carbons (Fsp3) is 0.269. The number of aromatic amines is 1. The number of fused-ring (bicyclic) bond motifs is 2. The molecule has 1 atom stereocenters. The monoisotopic (exact) mass is 426 g/mol. The smallest absolute Gasteiger partial charge is 0.407 e. The average Bonchev–Trinajstić information content (AvgIpc) is 3.19. The maximum absolute atomic E-state index is 12.3. The fourth-order valence-electron chi connectivity index (χ4n) is 4.40. The first kappa shape index (κ1) is 20.2. The molecule has 4 aromatic rings. The van der Waals surface area contributed by atoms with Gasteiger partial charge in [-0.05, 0) is 62.1 Å². The first-order valence-corrected chi connectivity index (χ1v) is 11.0. The molecule has 1 aliphatic rings. The van der Waals surface area contributed by atoms with Crippen LogP contribution in [0.2, 0.25) is 0 Å². The van der Waals surface area contributed by atoms with Gasteiger partial charge in [0, 0.05) is 40.8 Å². The molecule has 3 aromatic heterocycles. The molecule has 32 heavy (non-hydrogen) atoms. The van der Waals surface area contributed by atoms with Gasteiger partial charge in [-0.15, -0.1) is 0 Å². The molecule has 1 amide bonds. The number of pyridine rings is 2. The number of H-pyrrole nitrogens is 1. The zero-order valence-electron chi connectivity index (χ0n) is 18.3. The molecule has 162 valence electrons. The lowest BCUT2D eigenvalue weighted by molar-refractivity contribution is 0.134. The van der Waals surface area contributed by atoms with Crippen LogP contribution in [0.25, 0.3) is 22.3 Å². The van der Waals surface area contributed by atoms with Crippen LogP contribution < -0.4 is 5.32 Å². The van der Waals surface area contributed by atoms with Crippen molar-refractivity contribution in [3.05, 3.63) is 82.8 Å². The number of ether oxygens (including phenoxy) is 1. The van der Waals surface area contributed by atoms with Crippen LogP contribution in [0.1, 0.15) is 34.6 Å². The number of hydrogen-bond donors (Lipinski definition) is 2. The first-order valence-electron chi connectivity index (χ1n) is 11.0. The molecule has 5 rings (SSSR count). The van der Waals surface area contributed by atoms with Crippen LogP contribution in [0.4, 0.5) is 4.79 Å². The molecule has 0 saturated carbocycles. The van der Waals surface area contributed by atoms with Crippen molar-refractivity contribution in [1.82, 2.24) is 20.3 Å². The van der Waals surface area contributed by atoms with Crippen molar-refractivity contribution in [3.8, 4) is 11.3 Å². The highest BCUT2D eigenvalue weighted by Gasteiger charge is 2.23. The number of carbonyl (C=O) groups is 1. The minimum absolute atomic E-state index is 0.0274. The highest BCUT2D eigenvalue weighted by Crippen LogP contribution is 2.28. The van der Waals surface area contributed by atoms with E-state index in [-0.39, 0.29) is 18.7 Å². The van der Waals surface area contributed by atoms with Crippen LogP contribution in [0.5, 0.6) is 0 Å². The Bertz CT molecular complexity index is 1260. The van der Waals surface area contributed by atoms with Crippen LogP contribution in [0.3, 0.4) is 0 Å². The van der Waals surface area contributed by atoms with Gasteiger partial charge in [-0.2, -0.15) is 0 Å². The minimum Gasteiger partial charge on any atom is -0.445 e. The molecule has 3 heterocycles. The Kier molecular flexibility index (Phi) is 5.35. The number of rotatable bonds is 4. The number of carbonyl (C=O) groups excluding carboxylic acids is 1. The summed E-state index contributed by atoms with van der Waals surface area (Å²) in [4.78, 5) is 25.2. The number of aryl methyl sites for hydroxylation is 3. The summed E-state index contributed by atoms with van der Waals surface area (Å²) in [6.07, 6.45) is 2.08. The summed E-state index contributed by atoms with van der Waals surface area (Å²) < 4.78 is 5.38. The molecular weight excluding hydrogens is 400 g/mol. The van der Waals surface area contributed by atoms with Crippen molar-refractivity contribution in [1.29, 1.82) is 0 Å². The predicted octanol–water partition coefficient (Wildman–Crippen LogP) is 5.03. The van der Waals surface area contributed by atoms with Crippen LogP contribution in [-0.2, 0) is 24.2 Å². The highest BCUT2D eigenvalue weighted by molar-refractivity contribution is 5.83. The molecule has 0 aliphatic heterocycles. The zero-order valence-corrected chi connectivity index (χ0v) is 18.3. The van der Waals surface area contributed by atoms with E-state index in [4.69, 9.17) is 9.72 Å². The molecule has 0 spiro atoms. The van der Waals surface area contributed by atoms with Gasteiger partial charge in [0.25, 0.3) is 0 Å². The Balaban J connectivity index is 1.29. The van der Waals surface area contributed by atoms with Crippen molar-refractivity contribution in [2.75, 3.05) is 0 Å². The van der Waals surface area contributed by atoms with E-state index >= 15 is 0 Å². The van der Waals surface area contributed by atoms with E-state index in [9.17, 15) is 4.79 Å². The van der Waals surface area contributed by atoms with Crippen LogP contribution in [0.15, 0.2) is 54.6 Å². The molecule has 1 aromatic carbocycles. The van der Waals surface area contributed by atoms with E-state index in [1.807, 2.05) is 44.2 Å². The number of hydrogen-bond acceptors (Lipinski definition) is 4. The number of amides is 1. The van der Waals surface area contributed by atoms with Crippen molar-refractivity contribution in [2.45, 2.75) is 45.8 Å². The molecule has 6 heteroatoms. The second-order valence-corrected chi connectivity index (χ2v) is 8.49. The lowest BCUT2D eigenvalue weighted by atomic mass is 9.92. The van der Waals surface area contributed by atoms with Crippen molar-refractivity contribution >= 4 is 17.1 Å². The molecule has 0 bridgehead atoms. The standard InChI is InChI=1S/C26H26N4O2/c1-16-10-20(11-17(2)27-16)23-14-25-24(30-23)12-19-8-9-21(13-22(19)29-25)28-26(31)32-15-18-6-4-3-5-7-18/h3-7,10-12,14,21,30H,8-9,13,15H2,1-2H3,(H,28,31). The average molecular weight is 427 g/mol. The Morgan fingerprint density at radius 2 is 1.88 bits per heavy atom. The summed E-state index contributed by atoms with van der Waals surface area (Å²) in [5.74, 6) is 0. The highest BCUT2D eigenvalue weighted by atomic mass is 16.5. The normalized spacial score (nSPS) is 15.4. The third-order valence-electron chi connectivity index (χ3n) is 5.90. The Morgan fingerprint density at radius 1 is 1.09 bits per heavy atom. The van der Waals surface area contributed by atoms with E-state index in [0.717, 1.165) is 57.8 Å². The molecule has 0 radical (unpaired) electrons. The van der Waals surface area contributed by atoms with E-state index in [1.165, 1.54) is 5.56 Å². The quantitative estimate of drug-likeness (QED) is 0.480. The Hall–Kier alpha value is -3.67. The summed E-state index contributed by atoms with van der Waals surface area (Å²) in [6, 6.07) is 18.2. The second kappa shape index (κ2) is 8.46. The number of nitrogens with one attached hydrogen (secondary N) is 2. The molecule has 0 saturated heterocycles. The fourth-order valence-corrected chi connectivity index (χ4v) is 4.40. The van der Waals surface area contributed by atoms with Crippen LogP contribution in [-0.4, -0.2) is 27.1 Å². The summed E-state index contributed by atoms with van der Waals surface area (Å²) in [5.41, 5.74) is 9.40. The molecule has 6 nitrogen and oxygen atoms in total. The van der Waals surface area contributed by atoms with Gasteiger partial charge in [-0.3, -0.25) is 9.97 Å².